The van der Waals surface area contributed by atoms with Gasteiger partial charge < -0.3 is 20.4 Å². The van der Waals surface area contributed by atoms with Gasteiger partial charge in [0.15, 0.2) is 11.5 Å². The molecule has 0 fully saturated rings. The van der Waals surface area contributed by atoms with Crippen molar-refractivity contribution >= 4 is 6.29 Å². The van der Waals surface area contributed by atoms with Crippen LogP contribution in [0.2, 0.25) is 0 Å². The van der Waals surface area contributed by atoms with Crippen molar-refractivity contribution in [2.24, 2.45) is 11.7 Å². The Morgan fingerprint density at radius 1 is 1.50 bits per heavy atom. The summed E-state index contributed by atoms with van der Waals surface area (Å²) in [7, 11) is 0. The Bertz CT molecular complexity index is 379. The summed E-state index contributed by atoms with van der Waals surface area (Å²) in [5.74, 6) is 0.680. The molecule has 0 aliphatic rings. The lowest BCUT2D eigenvalue weighted by molar-refractivity contribution is -0.110. The number of aldehydes is 1. The molecule has 0 saturated heterocycles. The number of nitrogens with two attached hydrogens (primary N) is 1. The summed E-state index contributed by atoms with van der Waals surface area (Å²) in [6, 6.07) is 5.30. The van der Waals surface area contributed by atoms with Crippen LogP contribution in [0.3, 0.4) is 0 Å². The number of phenols is 1. The minimum absolute atomic E-state index is 0.0559. The standard InChI is InChI=1S/C14H21NO3/c1-11(10-16)3-4-12-5-6-13(17)14(9-12)18-8-2-7-15/h5-6,9-11,17H,2-4,7-8,15H2,1H3. The van der Waals surface area contributed by atoms with Crippen molar-refractivity contribution in [3.8, 4) is 11.5 Å². The molecule has 0 spiro atoms. The molecule has 18 heavy (non-hydrogen) atoms. The van der Waals surface area contributed by atoms with Gasteiger partial charge in [0.25, 0.3) is 0 Å². The van der Waals surface area contributed by atoms with E-state index < -0.39 is 0 Å². The number of benzene rings is 1. The third kappa shape index (κ3) is 4.75. The molecule has 100 valence electrons. The average Bonchev–Trinajstić information content (AvgIpc) is 2.39. The van der Waals surface area contributed by atoms with E-state index in [1.165, 1.54) is 0 Å². The van der Waals surface area contributed by atoms with Gasteiger partial charge in [0.1, 0.15) is 6.29 Å². The van der Waals surface area contributed by atoms with Crippen LogP contribution in [0.25, 0.3) is 0 Å². The van der Waals surface area contributed by atoms with Crippen LogP contribution in [0.1, 0.15) is 25.3 Å². The topological polar surface area (TPSA) is 72.5 Å². The zero-order valence-electron chi connectivity index (χ0n) is 10.8. The molecule has 1 aromatic rings. The predicted octanol–water partition coefficient (Wildman–Crippen LogP) is 1.89. The Hall–Kier alpha value is -1.55. The molecule has 0 aromatic heterocycles. The van der Waals surface area contributed by atoms with Gasteiger partial charge in [-0.1, -0.05) is 13.0 Å². The number of hydrogen-bond acceptors (Lipinski definition) is 4. The van der Waals surface area contributed by atoms with Crippen molar-refractivity contribution in [1.29, 1.82) is 0 Å². The molecule has 0 aliphatic carbocycles. The van der Waals surface area contributed by atoms with Crippen LogP contribution in [-0.4, -0.2) is 24.5 Å². The fourth-order valence-corrected chi connectivity index (χ4v) is 1.56. The second-order valence-corrected chi connectivity index (χ2v) is 4.44. The number of aryl methyl sites for hydroxylation is 1. The van der Waals surface area contributed by atoms with Crippen molar-refractivity contribution in [3.05, 3.63) is 23.8 Å². The lowest BCUT2D eigenvalue weighted by Crippen LogP contribution is -2.06. The van der Waals surface area contributed by atoms with Gasteiger partial charge in [0, 0.05) is 5.92 Å². The molecule has 0 saturated carbocycles. The minimum Gasteiger partial charge on any atom is -0.504 e. The van der Waals surface area contributed by atoms with Crippen molar-refractivity contribution < 1.29 is 14.6 Å². The Labute approximate surface area is 108 Å². The van der Waals surface area contributed by atoms with Crippen LogP contribution in [0.5, 0.6) is 11.5 Å². The molecular formula is C14H21NO3. The van der Waals surface area contributed by atoms with E-state index in [1.807, 2.05) is 19.1 Å². The molecule has 3 N–H and O–H groups in total. The number of rotatable bonds is 8. The summed E-state index contributed by atoms with van der Waals surface area (Å²) in [5, 5.41) is 9.65. The Morgan fingerprint density at radius 3 is 2.94 bits per heavy atom. The van der Waals surface area contributed by atoms with E-state index in [0.717, 1.165) is 31.1 Å². The number of aromatic hydroxyl groups is 1. The van der Waals surface area contributed by atoms with Gasteiger partial charge in [-0.2, -0.15) is 0 Å². The first kappa shape index (κ1) is 14.5. The normalized spacial score (nSPS) is 12.1. The predicted molar refractivity (Wildman–Crippen MR) is 70.8 cm³/mol. The first-order chi connectivity index (χ1) is 8.67. The number of hydrogen-bond donors (Lipinski definition) is 2. The second kappa shape index (κ2) is 7.71. The molecule has 1 atom stereocenters. The molecule has 1 rings (SSSR count). The van der Waals surface area contributed by atoms with E-state index in [1.54, 1.807) is 6.07 Å². The lowest BCUT2D eigenvalue weighted by Gasteiger charge is -2.10. The molecule has 0 bridgehead atoms. The maximum atomic E-state index is 10.5. The molecule has 4 heteroatoms. The number of ether oxygens (including phenoxy) is 1. The van der Waals surface area contributed by atoms with Gasteiger partial charge in [-0.3, -0.25) is 0 Å². The number of carbonyl (C=O) groups excluding carboxylic acids is 1. The highest BCUT2D eigenvalue weighted by atomic mass is 16.5. The van der Waals surface area contributed by atoms with Gasteiger partial charge in [-0.05, 0) is 43.5 Å². The van der Waals surface area contributed by atoms with Crippen LogP contribution >= 0.6 is 0 Å². The molecule has 1 aromatic carbocycles. The minimum atomic E-state index is 0.0559. The Morgan fingerprint density at radius 2 is 2.28 bits per heavy atom. The maximum absolute atomic E-state index is 10.5. The van der Waals surface area contributed by atoms with E-state index in [-0.39, 0.29) is 11.7 Å². The van der Waals surface area contributed by atoms with Crippen LogP contribution in [0.4, 0.5) is 0 Å². The molecule has 4 nitrogen and oxygen atoms in total. The molecule has 0 heterocycles. The summed E-state index contributed by atoms with van der Waals surface area (Å²) in [6.45, 7) is 2.96. The Balaban J connectivity index is 2.59. The number of phenolic OH excluding ortho intramolecular Hbond substituents is 1. The highest BCUT2D eigenvalue weighted by Gasteiger charge is 2.06. The zero-order chi connectivity index (χ0) is 13.4. The summed E-state index contributed by atoms with van der Waals surface area (Å²) in [4.78, 5) is 10.5. The van der Waals surface area contributed by atoms with Crippen molar-refractivity contribution in [1.82, 2.24) is 0 Å². The van der Waals surface area contributed by atoms with E-state index in [2.05, 4.69) is 0 Å². The van der Waals surface area contributed by atoms with Gasteiger partial charge in [0.2, 0.25) is 0 Å². The van der Waals surface area contributed by atoms with Crippen molar-refractivity contribution in [2.75, 3.05) is 13.2 Å². The highest BCUT2D eigenvalue weighted by molar-refractivity contribution is 5.52. The smallest absolute Gasteiger partial charge is 0.161 e. The number of carbonyl (C=O) groups is 1. The first-order valence-corrected chi connectivity index (χ1v) is 6.27. The third-order valence-electron chi connectivity index (χ3n) is 2.75. The van der Waals surface area contributed by atoms with Gasteiger partial charge in [0.05, 0.1) is 6.61 Å². The van der Waals surface area contributed by atoms with Gasteiger partial charge in [-0.15, -0.1) is 0 Å². The monoisotopic (exact) mass is 251 g/mol. The summed E-state index contributed by atoms with van der Waals surface area (Å²) in [5.41, 5.74) is 6.44. The van der Waals surface area contributed by atoms with Crippen molar-refractivity contribution in [2.45, 2.75) is 26.2 Å². The molecule has 0 radical (unpaired) electrons. The second-order valence-electron chi connectivity index (χ2n) is 4.44. The van der Waals surface area contributed by atoms with Crippen LogP contribution in [0.15, 0.2) is 18.2 Å². The molecular weight excluding hydrogens is 230 g/mol. The van der Waals surface area contributed by atoms with Gasteiger partial charge in [-0.25, -0.2) is 0 Å². The van der Waals surface area contributed by atoms with E-state index in [0.29, 0.717) is 18.9 Å². The summed E-state index contributed by atoms with van der Waals surface area (Å²) in [6.07, 6.45) is 3.31. The SMILES string of the molecule is CC(C=O)CCc1ccc(O)c(OCCCN)c1. The van der Waals surface area contributed by atoms with E-state index in [4.69, 9.17) is 10.5 Å². The van der Waals surface area contributed by atoms with Crippen molar-refractivity contribution in [3.63, 3.8) is 0 Å². The van der Waals surface area contributed by atoms with E-state index in [9.17, 15) is 9.90 Å². The lowest BCUT2D eigenvalue weighted by atomic mass is 10.0. The maximum Gasteiger partial charge on any atom is 0.161 e. The Kier molecular flexibility index (Phi) is 6.22. The first-order valence-electron chi connectivity index (χ1n) is 6.27. The molecule has 0 aliphatic heterocycles. The van der Waals surface area contributed by atoms with Crippen LogP contribution in [0, 0.1) is 5.92 Å². The third-order valence-corrected chi connectivity index (χ3v) is 2.75. The highest BCUT2D eigenvalue weighted by Crippen LogP contribution is 2.27. The average molecular weight is 251 g/mol. The quantitative estimate of drug-likeness (QED) is 0.546. The van der Waals surface area contributed by atoms with Crippen LogP contribution < -0.4 is 10.5 Å². The molecule has 1 unspecified atom stereocenters. The summed E-state index contributed by atoms with van der Waals surface area (Å²) >= 11 is 0. The summed E-state index contributed by atoms with van der Waals surface area (Å²) < 4.78 is 5.45. The largest absolute Gasteiger partial charge is 0.504 e. The fraction of sp³-hybridized carbons (Fsp3) is 0.500. The van der Waals surface area contributed by atoms with E-state index >= 15 is 0 Å². The van der Waals surface area contributed by atoms with Crippen LogP contribution in [-0.2, 0) is 11.2 Å². The fourth-order valence-electron chi connectivity index (χ4n) is 1.56. The van der Waals surface area contributed by atoms with Gasteiger partial charge >= 0.3 is 0 Å². The molecule has 0 amide bonds. The zero-order valence-corrected chi connectivity index (χ0v) is 10.8.